The van der Waals surface area contributed by atoms with Crippen molar-refractivity contribution in [1.82, 2.24) is 4.98 Å². The van der Waals surface area contributed by atoms with Crippen molar-refractivity contribution in [2.45, 2.75) is 39.0 Å². The summed E-state index contributed by atoms with van der Waals surface area (Å²) in [6.07, 6.45) is 8.03. The highest BCUT2D eigenvalue weighted by atomic mass is 16.5. The smallest absolute Gasteiger partial charge is 0.122 e. The van der Waals surface area contributed by atoms with Crippen LogP contribution in [0.5, 0.6) is 5.75 Å². The summed E-state index contributed by atoms with van der Waals surface area (Å²) in [5.41, 5.74) is 8.02. The molecule has 2 aromatic carbocycles. The summed E-state index contributed by atoms with van der Waals surface area (Å²) >= 11 is 0. The third-order valence-corrected chi connectivity index (χ3v) is 5.22. The number of rotatable bonds is 5. The lowest BCUT2D eigenvalue weighted by Crippen LogP contribution is -2.04. The molecule has 1 aliphatic rings. The van der Waals surface area contributed by atoms with Crippen molar-refractivity contribution in [2.75, 3.05) is 7.11 Å². The van der Waals surface area contributed by atoms with E-state index in [1.165, 1.54) is 51.7 Å². The van der Waals surface area contributed by atoms with Crippen LogP contribution in [0.25, 0.3) is 16.5 Å². The molecule has 3 aromatic rings. The highest BCUT2D eigenvalue weighted by molar-refractivity contribution is 5.99. The maximum atomic E-state index is 5.63. The predicted molar refractivity (Wildman–Crippen MR) is 105 cm³/mol. The molecule has 25 heavy (non-hydrogen) atoms. The number of aromatic nitrogens is 1. The fraction of sp³-hybridized carbons (Fsp3) is 0.304. The number of benzene rings is 2. The first kappa shape index (κ1) is 16.0. The summed E-state index contributed by atoms with van der Waals surface area (Å²) in [5.74, 6) is 1.01. The molecule has 128 valence electrons. The van der Waals surface area contributed by atoms with Gasteiger partial charge in [-0.2, -0.15) is 0 Å². The Hall–Kier alpha value is -2.48. The molecule has 1 aliphatic carbocycles. The molecule has 1 N–H and O–H groups in total. The van der Waals surface area contributed by atoms with Crippen LogP contribution in [0.15, 0.2) is 48.5 Å². The van der Waals surface area contributed by atoms with Crippen LogP contribution in [0.3, 0.4) is 0 Å². The number of hydrogen-bond donors (Lipinski definition) is 1. The van der Waals surface area contributed by atoms with Crippen molar-refractivity contribution < 1.29 is 4.74 Å². The molecule has 0 unspecified atom stereocenters. The summed E-state index contributed by atoms with van der Waals surface area (Å²) in [5, 5.41) is 1.33. The van der Waals surface area contributed by atoms with E-state index < -0.39 is 0 Å². The number of aromatic amines is 1. The normalized spacial score (nSPS) is 13.6. The number of aryl methyl sites for hydroxylation is 1. The lowest BCUT2D eigenvalue weighted by Gasteiger charge is -2.21. The van der Waals surface area contributed by atoms with Gasteiger partial charge in [0.2, 0.25) is 0 Å². The molecule has 0 aliphatic heterocycles. The van der Waals surface area contributed by atoms with Gasteiger partial charge >= 0.3 is 0 Å². The molecule has 0 amide bonds. The van der Waals surface area contributed by atoms with Gasteiger partial charge in [-0.15, -0.1) is 0 Å². The Morgan fingerprint density at radius 3 is 2.80 bits per heavy atom. The van der Waals surface area contributed by atoms with E-state index in [0.717, 1.165) is 25.0 Å². The fourth-order valence-corrected chi connectivity index (χ4v) is 4.02. The molecule has 2 nitrogen and oxygen atoms in total. The van der Waals surface area contributed by atoms with Crippen molar-refractivity contribution in [3.05, 3.63) is 70.9 Å². The van der Waals surface area contributed by atoms with Crippen molar-refractivity contribution >= 4 is 16.5 Å². The Morgan fingerprint density at radius 2 is 1.96 bits per heavy atom. The van der Waals surface area contributed by atoms with Crippen LogP contribution in [-0.2, 0) is 12.8 Å². The van der Waals surface area contributed by atoms with E-state index in [0.29, 0.717) is 0 Å². The van der Waals surface area contributed by atoms with Crippen LogP contribution in [0.1, 0.15) is 48.6 Å². The van der Waals surface area contributed by atoms with Gasteiger partial charge in [-0.3, -0.25) is 0 Å². The quantitative estimate of drug-likeness (QED) is 0.619. The van der Waals surface area contributed by atoms with Crippen molar-refractivity contribution in [3.8, 4) is 5.75 Å². The third-order valence-electron chi connectivity index (χ3n) is 5.22. The van der Waals surface area contributed by atoms with Gasteiger partial charge in [0.25, 0.3) is 0 Å². The molecule has 0 saturated heterocycles. The van der Waals surface area contributed by atoms with Crippen molar-refractivity contribution in [2.24, 2.45) is 0 Å². The average Bonchev–Trinajstić information content (AvgIpc) is 3.03. The lowest BCUT2D eigenvalue weighted by atomic mass is 9.85. The number of nitrogens with one attached hydrogen (secondary N) is 1. The van der Waals surface area contributed by atoms with Gasteiger partial charge in [-0.1, -0.05) is 49.8 Å². The number of H-pyrrole nitrogens is 1. The summed E-state index contributed by atoms with van der Waals surface area (Å²) in [6, 6.07) is 15.1. The summed E-state index contributed by atoms with van der Waals surface area (Å²) in [7, 11) is 1.77. The number of para-hydroxylation sites is 1. The summed E-state index contributed by atoms with van der Waals surface area (Å²) in [6.45, 7) is 2.25. The van der Waals surface area contributed by atoms with Crippen LogP contribution in [-0.4, -0.2) is 12.1 Å². The molecule has 1 heterocycles. The first-order valence-corrected chi connectivity index (χ1v) is 9.29. The average molecular weight is 331 g/mol. The van der Waals surface area contributed by atoms with Crippen LogP contribution in [0.2, 0.25) is 0 Å². The standard InChI is InChI=1S/C23H25NO/c1-3-4-13-21-23(19-9-5-6-14-20(19)24-21)18-12-7-11-17-16(18)10-8-15-22(17)25-2/h5-6,8-10,12,14-15,24H,3-4,7,11,13H2,1-2H3. The molecule has 1 aromatic heterocycles. The second kappa shape index (κ2) is 6.79. The van der Waals surface area contributed by atoms with Gasteiger partial charge in [-0.05, 0) is 49.0 Å². The van der Waals surface area contributed by atoms with Crippen LogP contribution in [0, 0.1) is 0 Å². The SMILES string of the molecule is CCCCc1[nH]c2ccccc2c1C1=CCCc2c(OC)cccc21. The molecule has 4 rings (SSSR count). The maximum absolute atomic E-state index is 5.63. The van der Waals surface area contributed by atoms with E-state index in [1.54, 1.807) is 7.11 Å². The van der Waals surface area contributed by atoms with E-state index in [4.69, 9.17) is 4.74 Å². The van der Waals surface area contributed by atoms with Gasteiger partial charge in [0.1, 0.15) is 5.75 Å². The molecule has 0 bridgehead atoms. The summed E-state index contributed by atoms with van der Waals surface area (Å²) in [4.78, 5) is 3.68. The number of hydrogen-bond acceptors (Lipinski definition) is 1. The Kier molecular flexibility index (Phi) is 4.35. The zero-order chi connectivity index (χ0) is 17.2. The predicted octanol–water partition coefficient (Wildman–Crippen LogP) is 5.90. The maximum Gasteiger partial charge on any atom is 0.122 e. The largest absolute Gasteiger partial charge is 0.496 e. The van der Waals surface area contributed by atoms with E-state index in [1.807, 2.05) is 0 Å². The zero-order valence-corrected chi connectivity index (χ0v) is 15.1. The van der Waals surface area contributed by atoms with Crippen molar-refractivity contribution in [1.29, 1.82) is 0 Å². The third kappa shape index (κ3) is 2.76. The second-order valence-corrected chi connectivity index (χ2v) is 6.77. The minimum absolute atomic E-state index is 1.01. The van der Waals surface area contributed by atoms with E-state index >= 15 is 0 Å². The lowest BCUT2D eigenvalue weighted by molar-refractivity contribution is 0.409. The van der Waals surface area contributed by atoms with Gasteiger partial charge in [0, 0.05) is 27.7 Å². The van der Waals surface area contributed by atoms with Gasteiger partial charge in [0.05, 0.1) is 7.11 Å². The molecule has 0 atom stereocenters. The van der Waals surface area contributed by atoms with Crippen LogP contribution in [0.4, 0.5) is 0 Å². The molecular weight excluding hydrogens is 306 g/mol. The first-order chi connectivity index (χ1) is 12.3. The number of allylic oxidation sites excluding steroid dienone is 1. The molecule has 0 spiro atoms. The molecule has 0 radical (unpaired) electrons. The fourth-order valence-electron chi connectivity index (χ4n) is 4.02. The Balaban J connectivity index is 1.92. The minimum Gasteiger partial charge on any atom is -0.496 e. The van der Waals surface area contributed by atoms with Crippen LogP contribution < -0.4 is 4.74 Å². The zero-order valence-electron chi connectivity index (χ0n) is 15.1. The summed E-state index contributed by atoms with van der Waals surface area (Å²) < 4.78 is 5.63. The van der Waals surface area contributed by atoms with E-state index in [-0.39, 0.29) is 0 Å². The second-order valence-electron chi connectivity index (χ2n) is 6.77. The van der Waals surface area contributed by atoms with Gasteiger partial charge in [-0.25, -0.2) is 0 Å². The Labute approximate surface area is 149 Å². The highest BCUT2D eigenvalue weighted by Gasteiger charge is 2.22. The van der Waals surface area contributed by atoms with E-state index in [9.17, 15) is 0 Å². The highest BCUT2D eigenvalue weighted by Crippen LogP contribution is 2.40. The number of methoxy groups -OCH3 is 1. The van der Waals surface area contributed by atoms with Crippen LogP contribution >= 0.6 is 0 Å². The molecular formula is C23H25NO. The number of unbranched alkanes of at least 4 members (excludes halogenated alkanes) is 1. The molecule has 0 saturated carbocycles. The van der Waals surface area contributed by atoms with Crippen molar-refractivity contribution in [3.63, 3.8) is 0 Å². The Bertz CT molecular complexity index is 932. The number of ether oxygens (including phenoxy) is 1. The topological polar surface area (TPSA) is 25.0 Å². The number of fused-ring (bicyclic) bond motifs is 2. The molecule has 0 fully saturated rings. The Morgan fingerprint density at radius 1 is 1.08 bits per heavy atom. The first-order valence-electron chi connectivity index (χ1n) is 9.29. The van der Waals surface area contributed by atoms with Gasteiger partial charge in [0.15, 0.2) is 0 Å². The minimum atomic E-state index is 1.01. The monoisotopic (exact) mass is 331 g/mol. The molecule has 2 heteroatoms. The van der Waals surface area contributed by atoms with Gasteiger partial charge < -0.3 is 9.72 Å². The van der Waals surface area contributed by atoms with E-state index in [2.05, 4.69) is 60.4 Å².